The Hall–Kier alpha value is -1.58. The lowest BCUT2D eigenvalue weighted by Gasteiger charge is -2.06. The van der Waals surface area contributed by atoms with Gasteiger partial charge in [0.15, 0.2) is 0 Å². The Labute approximate surface area is 101 Å². The smallest absolute Gasteiger partial charge is 0.209 e. The Morgan fingerprint density at radius 2 is 2.00 bits per heavy atom. The van der Waals surface area contributed by atoms with Crippen LogP contribution in [0.15, 0.2) is 24.3 Å². The van der Waals surface area contributed by atoms with Gasteiger partial charge in [0.2, 0.25) is 10.0 Å². The van der Waals surface area contributed by atoms with Gasteiger partial charge in [0.1, 0.15) is 11.8 Å². The minimum absolute atomic E-state index is 0.0454. The molecule has 0 spiro atoms. The van der Waals surface area contributed by atoms with Crippen molar-refractivity contribution in [2.45, 2.75) is 12.8 Å². The van der Waals surface area contributed by atoms with Gasteiger partial charge in [0.25, 0.3) is 0 Å². The average Bonchev–Trinajstić information content (AvgIpc) is 2.27. The number of nitriles is 1. The molecule has 0 radical (unpaired) electrons. The number of nitrogens with two attached hydrogens (primary N) is 1. The summed E-state index contributed by atoms with van der Waals surface area (Å²) < 4.78 is 26.7. The van der Waals surface area contributed by atoms with Gasteiger partial charge in [-0.3, -0.25) is 0 Å². The van der Waals surface area contributed by atoms with Crippen LogP contribution in [0.3, 0.4) is 0 Å². The number of nitrogens with zero attached hydrogens (tertiary/aromatic N) is 1. The molecule has 5 nitrogen and oxygen atoms in total. The maximum Gasteiger partial charge on any atom is 0.209 e. The van der Waals surface area contributed by atoms with Crippen molar-refractivity contribution in [2.24, 2.45) is 5.14 Å². The van der Waals surface area contributed by atoms with Crippen molar-refractivity contribution in [2.75, 3.05) is 12.4 Å². The Kier molecular flexibility index (Phi) is 4.94. The van der Waals surface area contributed by atoms with E-state index in [-0.39, 0.29) is 5.75 Å². The van der Waals surface area contributed by atoms with Crippen molar-refractivity contribution in [3.63, 3.8) is 0 Å². The Morgan fingerprint density at radius 1 is 1.29 bits per heavy atom. The summed E-state index contributed by atoms with van der Waals surface area (Å²) in [6.45, 7) is 0.369. The fourth-order valence-electron chi connectivity index (χ4n) is 1.27. The minimum atomic E-state index is -3.39. The second-order valence-corrected chi connectivity index (χ2v) is 5.26. The van der Waals surface area contributed by atoms with E-state index in [9.17, 15) is 8.42 Å². The van der Waals surface area contributed by atoms with Crippen LogP contribution in [0, 0.1) is 11.3 Å². The van der Waals surface area contributed by atoms with Crippen molar-refractivity contribution in [1.82, 2.24) is 0 Å². The molecule has 0 aliphatic rings. The summed E-state index contributed by atoms with van der Waals surface area (Å²) in [6, 6.07) is 8.93. The number of hydrogen-bond donors (Lipinski definition) is 1. The number of primary sulfonamides is 1. The van der Waals surface area contributed by atoms with Crippen LogP contribution in [0.1, 0.15) is 18.4 Å². The van der Waals surface area contributed by atoms with Crippen molar-refractivity contribution >= 4 is 10.0 Å². The summed E-state index contributed by atoms with van der Waals surface area (Å²) in [5, 5.41) is 13.7. The maximum absolute atomic E-state index is 10.7. The van der Waals surface area contributed by atoms with Crippen molar-refractivity contribution in [1.29, 1.82) is 5.26 Å². The molecule has 2 N–H and O–H groups in total. The van der Waals surface area contributed by atoms with Gasteiger partial charge in [-0.05, 0) is 25.0 Å². The molecule has 92 valence electrons. The van der Waals surface area contributed by atoms with E-state index in [1.807, 2.05) is 6.07 Å². The van der Waals surface area contributed by atoms with Gasteiger partial charge >= 0.3 is 0 Å². The number of benzene rings is 1. The zero-order chi connectivity index (χ0) is 12.7. The summed E-state index contributed by atoms with van der Waals surface area (Å²) in [5.74, 6) is 0.474. The molecule has 0 aromatic heterocycles. The number of sulfonamides is 1. The molecule has 6 heteroatoms. The molecule has 0 bridgehead atoms. The highest BCUT2D eigenvalue weighted by atomic mass is 32.2. The van der Waals surface area contributed by atoms with Gasteiger partial charge < -0.3 is 4.74 Å². The van der Waals surface area contributed by atoms with E-state index in [1.54, 1.807) is 24.3 Å². The molecule has 0 aliphatic carbocycles. The van der Waals surface area contributed by atoms with E-state index in [2.05, 4.69) is 0 Å². The number of ether oxygens (including phenoxy) is 1. The first-order chi connectivity index (χ1) is 8.03. The average molecular weight is 254 g/mol. The first-order valence-electron chi connectivity index (χ1n) is 5.15. The first-order valence-corrected chi connectivity index (χ1v) is 6.87. The number of unbranched alkanes of at least 4 members (excludes halogenated alkanes) is 1. The van der Waals surface area contributed by atoms with Gasteiger partial charge in [-0.2, -0.15) is 5.26 Å². The Morgan fingerprint density at radius 3 is 2.65 bits per heavy atom. The first kappa shape index (κ1) is 13.5. The van der Waals surface area contributed by atoms with Gasteiger partial charge in [0.05, 0.1) is 17.9 Å². The van der Waals surface area contributed by atoms with Crippen molar-refractivity contribution in [3.05, 3.63) is 29.8 Å². The molecular formula is C11H14N2O3S. The van der Waals surface area contributed by atoms with E-state index in [4.69, 9.17) is 15.1 Å². The quantitative estimate of drug-likeness (QED) is 0.766. The largest absolute Gasteiger partial charge is 0.492 e. The van der Waals surface area contributed by atoms with E-state index in [1.165, 1.54) is 0 Å². The zero-order valence-electron chi connectivity index (χ0n) is 9.30. The number of para-hydroxylation sites is 1. The van der Waals surface area contributed by atoms with Crippen LogP contribution in [0.25, 0.3) is 0 Å². The highest BCUT2D eigenvalue weighted by molar-refractivity contribution is 7.89. The second-order valence-electron chi connectivity index (χ2n) is 3.53. The molecule has 17 heavy (non-hydrogen) atoms. The van der Waals surface area contributed by atoms with E-state index < -0.39 is 10.0 Å². The van der Waals surface area contributed by atoms with Gasteiger partial charge in [-0.15, -0.1) is 0 Å². The topological polar surface area (TPSA) is 93.2 Å². The molecule has 0 unspecified atom stereocenters. The molecule has 0 fully saturated rings. The molecule has 0 saturated carbocycles. The normalized spacial score (nSPS) is 10.8. The van der Waals surface area contributed by atoms with Crippen LogP contribution in [0.2, 0.25) is 0 Å². The molecule has 0 aliphatic heterocycles. The number of hydrogen-bond acceptors (Lipinski definition) is 4. The van der Waals surface area contributed by atoms with Crippen LogP contribution in [-0.4, -0.2) is 20.8 Å². The summed E-state index contributed by atoms with van der Waals surface area (Å²) in [4.78, 5) is 0. The molecule has 1 aromatic rings. The lowest BCUT2D eigenvalue weighted by Crippen LogP contribution is -2.16. The zero-order valence-corrected chi connectivity index (χ0v) is 10.1. The predicted molar refractivity (Wildman–Crippen MR) is 63.9 cm³/mol. The predicted octanol–water partition coefficient (Wildman–Crippen LogP) is 1.01. The third kappa shape index (κ3) is 5.33. The molecule has 0 amide bonds. The number of rotatable bonds is 6. The fourth-order valence-corrected chi connectivity index (χ4v) is 1.88. The van der Waals surface area contributed by atoms with Crippen molar-refractivity contribution < 1.29 is 13.2 Å². The fraction of sp³-hybridized carbons (Fsp3) is 0.364. The summed E-state index contributed by atoms with van der Waals surface area (Å²) in [5.41, 5.74) is 0.471. The van der Waals surface area contributed by atoms with Gasteiger partial charge in [0, 0.05) is 0 Å². The lowest BCUT2D eigenvalue weighted by atomic mass is 10.2. The van der Waals surface area contributed by atoms with Gasteiger partial charge in [-0.25, -0.2) is 13.6 Å². The molecule has 0 saturated heterocycles. The highest BCUT2D eigenvalue weighted by Gasteiger charge is 2.03. The van der Waals surface area contributed by atoms with Crippen LogP contribution in [-0.2, 0) is 10.0 Å². The van der Waals surface area contributed by atoms with Crippen LogP contribution < -0.4 is 9.88 Å². The molecule has 1 rings (SSSR count). The molecular weight excluding hydrogens is 240 g/mol. The summed E-state index contributed by atoms with van der Waals surface area (Å²) in [6.07, 6.45) is 1.03. The van der Waals surface area contributed by atoms with Crippen molar-refractivity contribution in [3.8, 4) is 11.8 Å². The molecule has 0 atom stereocenters. The SMILES string of the molecule is N#Cc1ccccc1OCCCCS(N)(=O)=O. The van der Waals surface area contributed by atoms with E-state index in [0.29, 0.717) is 30.8 Å². The van der Waals surface area contributed by atoms with E-state index in [0.717, 1.165) is 0 Å². The highest BCUT2D eigenvalue weighted by Crippen LogP contribution is 2.16. The maximum atomic E-state index is 10.7. The third-order valence-electron chi connectivity index (χ3n) is 2.09. The van der Waals surface area contributed by atoms with Crippen LogP contribution in [0.5, 0.6) is 5.75 Å². The van der Waals surface area contributed by atoms with Crippen LogP contribution in [0.4, 0.5) is 0 Å². The standard InChI is InChI=1S/C11H14N2O3S/c12-9-10-5-1-2-6-11(10)16-7-3-4-8-17(13,14)15/h1-2,5-6H,3-4,7-8H2,(H2,13,14,15). The minimum Gasteiger partial charge on any atom is -0.492 e. The monoisotopic (exact) mass is 254 g/mol. The summed E-state index contributed by atoms with van der Waals surface area (Å²) in [7, 11) is -3.39. The third-order valence-corrected chi connectivity index (χ3v) is 2.95. The van der Waals surface area contributed by atoms with Crippen LogP contribution >= 0.6 is 0 Å². The van der Waals surface area contributed by atoms with E-state index >= 15 is 0 Å². The second kappa shape index (κ2) is 6.23. The molecule has 1 aromatic carbocycles. The molecule has 0 heterocycles. The van der Waals surface area contributed by atoms with Gasteiger partial charge in [-0.1, -0.05) is 12.1 Å². The summed E-state index contributed by atoms with van der Waals surface area (Å²) >= 11 is 0. The lowest BCUT2D eigenvalue weighted by molar-refractivity contribution is 0.308. The Balaban J connectivity index is 2.34. The Bertz CT molecular complexity index is 506.